The molecule has 0 saturated carbocycles. The van der Waals surface area contributed by atoms with E-state index in [4.69, 9.17) is 10.2 Å². The molecule has 0 heterocycles. The van der Waals surface area contributed by atoms with Crippen molar-refractivity contribution in [2.75, 3.05) is 0 Å². The zero-order valence-corrected chi connectivity index (χ0v) is 17.4. The minimum Gasteiger partial charge on any atom is -0.350 e. The molecular weight excluding hydrogens is 656 g/mol. The first kappa shape index (κ1) is 38.2. The summed E-state index contributed by atoms with van der Waals surface area (Å²) in [6.45, 7) is 0. The summed E-state index contributed by atoms with van der Waals surface area (Å²) in [5, 5.41) is 15.8. The summed E-state index contributed by atoms with van der Waals surface area (Å²) in [4.78, 5) is 0. The molecule has 0 fully saturated rings. The lowest BCUT2D eigenvalue weighted by Gasteiger charge is -2.43. The van der Waals surface area contributed by atoms with E-state index in [-0.39, 0.29) is 0 Å². The second-order valence-corrected chi connectivity index (χ2v) is 7.59. The normalized spacial score (nSPS) is 18.1. The summed E-state index contributed by atoms with van der Waals surface area (Å²) < 4.78 is 312. The average Bonchev–Trinajstić information content (AvgIpc) is 2.69. The minimum atomic E-state index is -9.12. The molecule has 0 aliphatic heterocycles. The van der Waals surface area contributed by atoms with Gasteiger partial charge in [0, 0.05) is 12.8 Å². The van der Waals surface area contributed by atoms with E-state index in [1.54, 1.807) is 0 Å². The van der Waals surface area contributed by atoms with Crippen LogP contribution in [-0.2, 0) is 0 Å². The van der Waals surface area contributed by atoms with Gasteiger partial charge in [-0.1, -0.05) is 0 Å². The largest absolute Gasteiger partial charge is 0.460 e. The van der Waals surface area contributed by atoms with Crippen molar-refractivity contribution in [1.82, 2.24) is 0 Å². The van der Waals surface area contributed by atoms with E-state index in [1.165, 1.54) is 0 Å². The Labute approximate surface area is 201 Å². The van der Waals surface area contributed by atoms with Crippen LogP contribution in [0.2, 0.25) is 0 Å². The second-order valence-electron chi connectivity index (χ2n) is 7.59. The van der Waals surface area contributed by atoms with Crippen LogP contribution in [0, 0.1) is 0 Å². The smallest absolute Gasteiger partial charge is 0.350 e. The van der Waals surface area contributed by atoms with E-state index in [0.717, 1.165) is 0 Å². The molecule has 0 radical (unpaired) electrons. The standard InChI is InChI=1S/C14H6F24O2/c15-3(16,1-2-4(17,18)6(21,22)12(33,39)14(37,38)40)5(19,20)7(23,24)8(25,26)9(27,28)10(29,30)11(31,32)13(34,35)36/h39-40H,1-2H2. The van der Waals surface area contributed by atoms with Crippen LogP contribution in [0.5, 0.6) is 0 Å². The fraction of sp³-hybridized carbons (Fsp3) is 1.00. The topological polar surface area (TPSA) is 40.5 Å². The lowest BCUT2D eigenvalue weighted by molar-refractivity contribution is -0.462. The van der Waals surface area contributed by atoms with Crippen molar-refractivity contribution in [1.29, 1.82) is 0 Å². The van der Waals surface area contributed by atoms with Gasteiger partial charge in [0.1, 0.15) is 0 Å². The number of hydrogen-bond donors (Lipinski definition) is 2. The molecule has 242 valence electrons. The number of alkyl halides is 24. The zero-order valence-electron chi connectivity index (χ0n) is 17.4. The third-order valence-corrected chi connectivity index (χ3v) is 4.81. The quantitative estimate of drug-likeness (QED) is 0.216. The molecule has 40 heavy (non-hydrogen) atoms. The summed E-state index contributed by atoms with van der Waals surface area (Å²) in [6.07, 6.45) is -23.4. The van der Waals surface area contributed by atoms with Crippen molar-refractivity contribution in [3.63, 3.8) is 0 Å². The molecule has 0 aromatic rings. The van der Waals surface area contributed by atoms with Gasteiger partial charge in [-0.2, -0.15) is 105 Å². The molecule has 1 atom stereocenters. The van der Waals surface area contributed by atoms with Crippen molar-refractivity contribution in [3.8, 4) is 0 Å². The third kappa shape index (κ3) is 4.96. The minimum absolute atomic E-state index is 4.11. The summed E-state index contributed by atoms with van der Waals surface area (Å²) in [5.41, 5.74) is 0. The van der Waals surface area contributed by atoms with Crippen LogP contribution in [0.4, 0.5) is 105 Å². The van der Waals surface area contributed by atoms with Gasteiger partial charge < -0.3 is 10.2 Å². The first-order valence-corrected chi connectivity index (χ1v) is 8.69. The van der Waals surface area contributed by atoms with Gasteiger partial charge in [-0.15, -0.1) is 0 Å². The zero-order chi connectivity index (χ0) is 33.4. The molecule has 0 bridgehead atoms. The van der Waals surface area contributed by atoms with Gasteiger partial charge in [-0.05, 0) is 0 Å². The van der Waals surface area contributed by atoms with Crippen LogP contribution in [0.15, 0.2) is 0 Å². The van der Waals surface area contributed by atoms with Crippen LogP contribution in [0.3, 0.4) is 0 Å². The Balaban J connectivity index is 6.67. The molecule has 1 unspecified atom stereocenters. The van der Waals surface area contributed by atoms with Gasteiger partial charge in [0.05, 0.1) is 0 Å². The Morgan fingerprint density at radius 3 is 0.775 bits per heavy atom. The molecule has 2 nitrogen and oxygen atoms in total. The van der Waals surface area contributed by atoms with Gasteiger partial charge >= 0.3 is 71.4 Å². The fourth-order valence-corrected chi connectivity index (χ4v) is 2.26. The number of aliphatic hydroxyl groups is 2. The Morgan fingerprint density at radius 1 is 0.300 bits per heavy atom. The van der Waals surface area contributed by atoms with Crippen LogP contribution in [0.1, 0.15) is 12.8 Å². The average molecular weight is 662 g/mol. The van der Waals surface area contributed by atoms with Gasteiger partial charge in [0.25, 0.3) is 0 Å². The molecule has 2 N–H and O–H groups in total. The van der Waals surface area contributed by atoms with Gasteiger partial charge in [-0.25, -0.2) is 0 Å². The number of hydrogen-bond acceptors (Lipinski definition) is 2. The monoisotopic (exact) mass is 662 g/mol. The lowest BCUT2D eigenvalue weighted by Crippen LogP contribution is -2.74. The van der Waals surface area contributed by atoms with Crippen molar-refractivity contribution in [2.45, 2.75) is 84.3 Å². The predicted octanol–water partition coefficient (Wildman–Crippen LogP) is 7.29. The predicted molar refractivity (Wildman–Crippen MR) is 73.0 cm³/mol. The maximum atomic E-state index is 13.5. The Morgan fingerprint density at radius 2 is 0.525 bits per heavy atom. The molecule has 0 saturated heterocycles. The Kier molecular flexibility index (Phi) is 8.96. The maximum Gasteiger partial charge on any atom is 0.460 e. The van der Waals surface area contributed by atoms with E-state index in [9.17, 15) is 105 Å². The molecule has 0 rings (SSSR count). The van der Waals surface area contributed by atoms with Crippen LogP contribution in [-0.4, -0.2) is 81.7 Å². The molecular formula is C14H6F24O2. The molecule has 0 aliphatic carbocycles. The highest BCUT2D eigenvalue weighted by Gasteiger charge is 2.95. The lowest BCUT2D eigenvalue weighted by atomic mass is 9.87. The van der Waals surface area contributed by atoms with Gasteiger partial charge in [0.15, 0.2) is 0 Å². The summed E-state index contributed by atoms with van der Waals surface area (Å²) in [5.74, 6) is -82.6. The number of halogens is 24. The highest BCUT2D eigenvalue weighted by Crippen LogP contribution is 2.64. The molecule has 26 heteroatoms. The highest BCUT2D eigenvalue weighted by atomic mass is 19.4. The second kappa shape index (κ2) is 9.37. The molecule has 0 spiro atoms. The van der Waals surface area contributed by atoms with Gasteiger partial charge in [0.2, 0.25) is 0 Å². The SMILES string of the molecule is OC(F)(F)C(O)(F)C(F)(F)C(F)(F)CCC(F)(F)C(F)(F)C(F)(F)C(F)(F)C(F)(F)C(F)(F)C(F)(F)C(F)(F)F. The van der Waals surface area contributed by atoms with Crippen molar-refractivity contribution in [3.05, 3.63) is 0 Å². The third-order valence-electron chi connectivity index (χ3n) is 4.81. The molecule has 0 aliphatic rings. The van der Waals surface area contributed by atoms with E-state index in [0.29, 0.717) is 0 Å². The highest BCUT2D eigenvalue weighted by molar-refractivity contribution is 5.15. The molecule has 0 aromatic heterocycles. The van der Waals surface area contributed by atoms with Crippen molar-refractivity contribution < 1.29 is 116 Å². The maximum absolute atomic E-state index is 13.5. The first-order valence-electron chi connectivity index (χ1n) is 8.69. The van der Waals surface area contributed by atoms with Crippen LogP contribution < -0.4 is 0 Å². The molecule has 0 aromatic carbocycles. The van der Waals surface area contributed by atoms with Gasteiger partial charge in [-0.3, -0.25) is 0 Å². The number of rotatable bonds is 12. The molecule has 0 amide bonds. The van der Waals surface area contributed by atoms with Crippen molar-refractivity contribution >= 4 is 0 Å². The summed E-state index contributed by atoms with van der Waals surface area (Å²) in [7, 11) is 0. The van der Waals surface area contributed by atoms with E-state index < -0.39 is 84.3 Å². The first-order chi connectivity index (χ1) is 16.7. The van der Waals surface area contributed by atoms with Crippen molar-refractivity contribution in [2.24, 2.45) is 0 Å². The van der Waals surface area contributed by atoms with E-state index in [1.807, 2.05) is 0 Å². The van der Waals surface area contributed by atoms with E-state index in [2.05, 4.69) is 0 Å². The Hall–Kier alpha value is -1.76. The Bertz CT molecular complexity index is 908. The fourth-order valence-electron chi connectivity index (χ4n) is 2.26. The van der Waals surface area contributed by atoms with Crippen LogP contribution >= 0.6 is 0 Å². The van der Waals surface area contributed by atoms with E-state index >= 15 is 0 Å². The van der Waals surface area contributed by atoms with Crippen LogP contribution in [0.25, 0.3) is 0 Å². The summed E-state index contributed by atoms with van der Waals surface area (Å²) in [6, 6.07) is 0. The summed E-state index contributed by atoms with van der Waals surface area (Å²) >= 11 is 0.